The van der Waals surface area contributed by atoms with Gasteiger partial charge in [0, 0.05) is 38.8 Å². The molecular weight excluding hydrogens is 578 g/mol. The Kier molecular flexibility index (Phi) is 7.04. The van der Waals surface area contributed by atoms with Crippen LogP contribution >= 0.6 is 0 Å². The van der Waals surface area contributed by atoms with Gasteiger partial charge in [-0.3, -0.25) is 0 Å². The van der Waals surface area contributed by atoms with Gasteiger partial charge in [-0.25, -0.2) is 9.78 Å². The zero-order chi connectivity index (χ0) is 31.7. The highest BCUT2D eigenvalue weighted by molar-refractivity contribution is 6.00. The van der Waals surface area contributed by atoms with Gasteiger partial charge in [-0.05, 0) is 70.3 Å². The Morgan fingerprint density at radius 3 is 1.53 bits per heavy atom. The molecule has 4 aromatic carbocycles. The maximum Gasteiger partial charge on any atom is 0.336 e. The lowest BCUT2D eigenvalue weighted by atomic mass is 10.0. The van der Waals surface area contributed by atoms with Crippen LogP contribution in [0.5, 0.6) is 0 Å². The first-order chi connectivity index (χ1) is 23.1. The number of carboxylic acids is 1. The van der Waals surface area contributed by atoms with Crippen molar-refractivity contribution in [2.24, 2.45) is 0 Å². The molecule has 7 aromatic rings. The van der Waals surface area contributed by atoms with E-state index in [1.807, 2.05) is 36.4 Å². The predicted octanol–water partition coefficient (Wildman–Crippen LogP) is 10.5. The second kappa shape index (κ2) is 11.8. The molecule has 0 aliphatic carbocycles. The molecule has 5 heteroatoms. The van der Waals surface area contributed by atoms with Crippen molar-refractivity contribution in [1.29, 1.82) is 0 Å². The number of aromatic carboxylic acids is 1. The van der Waals surface area contributed by atoms with Gasteiger partial charge in [0.25, 0.3) is 0 Å². The molecule has 0 unspecified atom stereocenters. The van der Waals surface area contributed by atoms with Crippen molar-refractivity contribution >= 4 is 52.3 Å². The number of benzene rings is 4. The fraction of sp³-hybridized carbons (Fsp3) is 0. The molecule has 0 fully saturated rings. The zero-order valence-electron chi connectivity index (χ0n) is 25.3. The van der Waals surface area contributed by atoms with Crippen LogP contribution in [0.25, 0.3) is 79.8 Å². The minimum atomic E-state index is -0.942. The topological polar surface area (TPSA) is 81.8 Å². The molecule has 3 N–H and O–H groups in total. The Labute approximate surface area is 271 Å². The van der Waals surface area contributed by atoms with Gasteiger partial charge in [-0.1, -0.05) is 115 Å². The van der Waals surface area contributed by atoms with Gasteiger partial charge >= 0.3 is 5.97 Å². The SMILES string of the molecule is O=C(O)c1ccccc1/C=C/c1ccc(-c2c3nc(c(-c4ccccc4)c4ccc([nH]4)c(-c4ccccc4)c4ccc2[nH]4)C=C3)cc1. The highest BCUT2D eigenvalue weighted by Crippen LogP contribution is 2.37. The smallest absolute Gasteiger partial charge is 0.336 e. The largest absolute Gasteiger partial charge is 0.478 e. The lowest BCUT2D eigenvalue weighted by Crippen LogP contribution is -1.98. The molecule has 0 radical (unpaired) electrons. The summed E-state index contributed by atoms with van der Waals surface area (Å²) in [5, 5.41) is 9.57. The van der Waals surface area contributed by atoms with Gasteiger partial charge < -0.3 is 15.1 Å². The summed E-state index contributed by atoms with van der Waals surface area (Å²) in [4.78, 5) is 24.4. The second-order valence-corrected chi connectivity index (χ2v) is 11.5. The Morgan fingerprint density at radius 2 is 0.979 bits per heavy atom. The fourth-order valence-electron chi connectivity index (χ4n) is 6.35. The third kappa shape index (κ3) is 5.30. The number of hydrogen-bond donors (Lipinski definition) is 3. The van der Waals surface area contributed by atoms with Crippen molar-refractivity contribution in [1.82, 2.24) is 15.0 Å². The highest BCUT2D eigenvalue weighted by atomic mass is 16.4. The van der Waals surface area contributed by atoms with E-state index in [2.05, 4.69) is 119 Å². The molecule has 5 nitrogen and oxygen atoms in total. The van der Waals surface area contributed by atoms with Crippen molar-refractivity contribution in [2.45, 2.75) is 0 Å². The summed E-state index contributed by atoms with van der Waals surface area (Å²) in [7, 11) is 0. The van der Waals surface area contributed by atoms with Gasteiger partial charge in [0.15, 0.2) is 0 Å². The Morgan fingerprint density at radius 1 is 0.511 bits per heavy atom. The summed E-state index contributed by atoms with van der Waals surface area (Å²) in [6.07, 6.45) is 7.97. The van der Waals surface area contributed by atoms with E-state index in [9.17, 15) is 9.90 Å². The zero-order valence-corrected chi connectivity index (χ0v) is 25.3. The van der Waals surface area contributed by atoms with Crippen LogP contribution < -0.4 is 0 Å². The van der Waals surface area contributed by atoms with Crippen LogP contribution in [-0.2, 0) is 0 Å². The first kappa shape index (κ1) is 28.0. The number of aromatic nitrogens is 3. The van der Waals surface area contributed by atoms with E-state index in [-0.39, 0.29) is 5.56 Å². The van der Waals surface area contributed by atoms with Gasteiger partial charge in [0.05, 0.1) is 17.0 Å². The Bertz CT molecular complexity index is 2410. The average Bonchev–Trinajstić information content (AvgIpc) is 3.89. The third-order valence-electron chi connectivity index (χ3n) is 8.57. The van der Waals surface area contributed by atoms with Crippen LogP contribution in [0.15, 0.2) is 133 Å². The van der Waals surface area contributed by atoms with Crippen molar-refractivity contribution in [3.63, 3.8) is 0 Å². The molecule has 224 valence electrons. The number of nitrogens with one attached hydrogen (secondary N) is 2. The lowest BCUT2D eigenvalue weighted by molar-refractivity contribution is 0.0696. The number of hydrogen-bond acceptors (Lipinski definition) is 2. The van der Waals surface area contributed by atoms with Crippen LogP contribution in [0, 0.1) is 0 Å². The molecule has 0 saturated carbocycles. The Balaban J connectivity index is 1.35. The van der Waals surface area contributed by atoms with Crippen LogP contribution in [0.1, 0.15) is 32.9 Å². The number of nitrogens with zero attached hydrogens (tertiary/aromatic N) is 1. The molecule has 0 atom stereocenters. The molecule has 0 spiro atoms. The van der Waals surface area contributed by atoms with Gasteiger partial charge in [0.2, 0.25) is 0 Å². The van der Waals surface area contributed by atoms with Crippen molar-refractivity contribution in [3.8, 4) is 33.4 Å². The van der Waals surface area contributed by atoms with Gasteiger partial charge in [0.1, 0.15) is 0 Å². The maximum absolute atomic E-state index is 11.7. The quantitative estimate of drug-likeness (QED) is 0.165. The number of H-pyrrole nitrogens is 2. The van der Waals surface area contributed by atoms with E-state index in [0.29, 0.717) is 5.56 Å². The van der Waals surface area contributed by atoms with E-state index in [1.54, 1.807) is 12.1 Å². The molecule has 8 rings (SSSR count). The van der Waals surface area contributed by atoms with Crippen LogP contribution in [0.4, 0.5) is 0 Å². The molecular formula is C42H29N3O2. The lowest BCUT2D eigenvalue weighted by Gasteiger charge is -2.07. The molecule has 1 aliphatic rings. The van der Waals surface area contributed by atoms with Gasteiger partial charge in [-0.2, -0.15) is 0 Å². The normalized spacial score (nSPS) is 11.8. The summed E-state index contributed by atoms with van der Waals surface area (Å²) < 4.78 is 0. The number of carbonyl (C=O) groups is 1. The van der Waals surface area contributed by atoms with Crippen molar-refractivity contribution < 1.29 is 9.90 Å². The number of aromatic amines is 2. The summed E-state index contributed by atoms with van der Waals surface area (Å²) in [6, 6.07) is 44.7. The second-order valence-electron chi connectivity index (χ2n) is 11.5. The van der Waals surface area contributed by atoms with Crippen LogP contribution in [0.3, 0.4) is 0 Å². The first-order valence-electron chi connectivity index (χ1n) is 15.5. The summed E-state index contributed by atoms with van der Waals surface area (Å²) in [6.45, 7) is 0. The maximum atomic E-state index is 11.7. The average molecular weight is 608 g/mol. The fourth-order valence-corrected chi connectivity index (χ4v) is 6.35. The number of rotatable bonds is 6. The molecule has 47 heavy (non-hydrogen) atoms. The van der Waals surface area contributed by atoms with Crippen molar-refractivity contribution in [3.05, 3.63) is 162 Å². The minimum Gasteiger partial charge on any atom is -0.478 e. The molecule has 6 bridgehead atoms. The van der Waals surface area contributed by atoms with E-state index in [0.717, 1.165) is 72.4 Å². The van der Waals surface area contributed by atoms with Crippen LogP contribution in [-0.4, -0.2) is 26.0 Å². The number of carboxylic acid groups (broad SMARTS) is 1. The van der Waals surface area contributed by atoms with E-state index in [4.69, 9.17) is 4.98 Å². The summed E-state index contributed by atoms with van der Waals surface area (Å²) in [5.74, 6) is -0.942. The van der Waals surface area contributed by atoms with Gasteiger partial charge in [-0.15, -0.1) is 0 Å². The predicted molar refractivity (Wildman–Crippen MR) is 193 cm³/mol. The monoisotopic (exact) mass is 607 g/mol. The van der Waals surface area contributed by atoms with E-state index in [1.165, 1.54) is 0 Å². The van der Waals surface area contributed by atoms with Crippen LogP contribution in [0.2, 0.25) is 0 Å². The first-order valence-corrected chi connectivity index (χ1v) is 15.5. The molecule has 1 aliphatic heterocycles. The third-order valence-corrected chi connectivity index (χ3v) is 8.57. The number of fused-ring (bicyclic) bond motifs is 6. The van der Waals surface area contributed by atoms with E-state index < -0.39 is 5.97 Å². The minimum absolute atomic E-state index is 0.276. The highest BCUT2D eigenvalue weighted by Gasteiger charge is 2.17. The Hall–Kier alpha value is -6.46. The molecule has 4 heterocycles. The molecule has 3 aromatic heterocycles. The summed E-state index contributed by atoms with van der Waals surface area (Å²) in [5.41, 5.74) is 14.0. The standard InChI is InChI=1S/C42H29N3O2/c46-42(47)32-14-8-7-9-28(32)18-15-27-16-19-31(20-17-27)41-37-25-23-35(44-37)39(29-10-3-1-4-11-29)33-21-22-34(43-33)40(30-12-5-2-6-13-30)36-24-26-38(41)45-36/h1-26,43-44H,(H,46,47)/b18-15+,39-33?,39-35?,40-34?,40-36?,41-37?,41-38?. The van der Waals surface area contributed by atoms with Crippen molar-refractivity contribution in [2.75, 3.05) is 0 Å². The van der Waals surface area contributed by atoms with E-state index >= 15 is 0 Å². The molecule has 0 saturated heterocycles. The molecule has 0 amide bonds. The summed E-state index contributed by atoms with van der Waals surface area (Å²) >= 11 is 0.